The fourth-order valence-corrected chi connectivity index (χ4v) is 2.75. The lowest BCUT2D eigenvalue weighted by molar-refractivity contribution is -0.119. The van der Waals surface area contributed by atoms with Crippen molar-refractivity contribution >= 4 is 28.3 Å². The Morgan fingerprint density at radius 2 is 2.08 bits per heavy atom. The molecule has 0 atom stereocenters. The Labute approximate surface area is 141 Å². The van der Waals surface area contributed by atoms with Crippen LogP contribution in [0.15, 0.2) is 41.9 Å². The van der Waals surface area contributed by atoms with Crippen LogP contribution in [0.25, 0.3) is 11.3 Å². The highest BCUT2D eigenvalue weighted by molar-refractivity contribution is 7.13. The maximum absolute atomic E-state index is 12.2. The van der Waals surface area contributed by atoms with Gasteiger partial charge in [0.1, 0.15) is 5.56 Å². The van der Waals surface area contributed by atoms with Crippen molar-refractivity contribution in [2.24, 2.45) is 0 Å². The number of ether oxygens (including phenoxy) is 1. The molecular weight excluding hydrogens is 328 g/mol. The number of H-pyrrole nitrogens is 1. The zero-order chi connectivity index (χ0) is 16.9. The van der Waals surface area contributed by atoms with Crippen LogP contribution >= 0.6 is 11.3 Å². The number of aryl methyl sites for hydroxylation is 1. The summed E-state index contributed by atoms with van der Waals surface area (Å²) < 4.78 is 5.06. The van der Waals surface area contributed by atoms with E-state index < -0.39 is 18.5 Å². The SMILES string of the molecule is Cc1csc(NC(=O)COC(=O)c2cn[nH]c2-c2ccccc2)n1. The molecule has 0 bridgehead atoms. The van der Waals surface area contributed by atoms with Crippen LogP contribution in [0, 0.1) is 6.92 Å². The Morgan fingerprint density at radius 3 is 2.79 bits per heavy atom. The fourth-order valence-electron chi connectivity index (χ4n) is 2.04. The highest BCUT2D eigenvalue weighted by Crippen LogP contribution is 2.21. The molecule has 0 saturated carbocycles. The molecule has 0 unspecified atom stereocenters. The first kappa shape index (κ1) is 15.9. The molecule has 2 aromatic heterocycles. The number of aromatic nitrogens is 3. The van der Waals surface area contributed by atoms with Gasteiger partial charge in [-0.3, -0.25) is 15.2 Å². The van der Waals surface area contributed by atoms with Crippen LogP contribution in [0.2, 0.25) is 0 Å². The molecule has 0 saturated heterocycles. The third-order valence-electron chi connectivity index (χ3n) is 3.12. The van der Waals surface area contributed by atoms with Crippen molar-refractivity contribution < 1.29 is 14.3 Å². The number of carbonyl (C=O) groups excluding carboxylic acids is 2. The predicted octanol–water partition coefficient (Wildman–Crippen LogP) is 2.64. The average Bonchev–Trinajstić information content (AvgIpc) is 3.22. The number of hydrogen-bond donors (Lipinski definition) is 2. The minimum Gasteiger partial charge on any atom is -0.452 e. The maximum Gasteiger partial charge on any atom is 0.342 e. The number of esters is 1. The number of hydrogen-bond acceptors (Lipinski definition) is 6. The van der Waals surface area contributed by atoms with E-state index in [-0.39, 0.29) is 5.56 Å². The Hall–Kier alpha value is -3.00. The predicted molar refractivity (Wildman–Crippen MR) is 89.8 cm³/mol. The second-order valence-corrected chi connectivity index (χ2v) is 5.80. The van der Waals surface area contributed by atoms with E-state index in [2.05, 4.69) is 20.5 Å². The Morgan fingerprint density at radius 1 is 1.29 bits per heavy atom. The van der Waals surface area contributed by atoms with Crippen molar-refractivity contribution in [1.82, 2.24) is 15.2 Å². The van der Waals surface area contributed by atoms with E-state index in [0.717, 1.165) is 11.3 Å². The zero-order valence-electron chi connectivity index (χ0n) is 12.8. The van der Waals surface area contributed by atoms with Crippen LogP contribution in [-0.4, -0.2) is 33.7 Å². The van der Waals surface area contributed by atoms with Crippen molar-refractivity contribution in [3.63, 3.8) is 0 Å². The molecule has 0 aliphatic carbocycles. The van der Waals surface area contributed by atoms with E-state index in [1.807, 2.05) is 42.6 Å². The summed E-state index contributed by atoms with van der Waals surface area (Å²) in [5, 5.41) is 11.5. The fraction of sp³-hybridized carbons (Fsp3) is 0.125. The van der Waals surface area contributed by atoms with E-state index in [1.54, 1.807) is 0 Å². The van der Waals surface area contributed by atoms with Gasteiger partial charge in [-0.2, -0.15) is 5.10 Å². The lowest BCUT2D eigenvalue weighted by Crippen LogP contribution is -2.21. The van der Waals surface area contributed by atoms with Gasteiger partial charge in [0.05, 0.1) is 17.6 Å². The number of benzene rings is 1. The quantitative estimate of drug-likeness (QED) is 0.695. The summed E-state index contributed by atoms with van der Waals surface area (Å²) in [6.07, 6.45) is 1.38. The summed E-state index contributed by atoms with van der Waals surface area (Å²) in [5.74, 6) is -1.06. The Kier molecular flexibility index (Phi) is 4.66. The van der Waals surface area contributed by atoms with Crippen LogP contribution in [0.5, 0.6) is 0 Å². The van der Waals surface area contributed by atoms with Gasteiger partial charge in [0.2, 0.25) is 0 Å². The number of carbonyl (C=O) groups is 2. The molecule has 1 amide bonds. The maximum atomic E-state index is 12.2. The summed E-state index contributed by atoms with van der Waals surface area (Å²) in [6, 6.07) is 9.29. The summed E-state index contributed by atoms with van der Waals surface area (Å²) in [7, 11) is 0. The van der Waals surface area contributed by atoms with Crippen molar-refractivity contribution in [2.75, 3.05) is 11.9 Å². The molecule has 2 heterocycles. The van der Waals surface area contributed by atoms with Crippen molar-refractivity contribution in [3.8, 4) is 11.3 Å². The minimum atomic E-state index is -0.618. The third-order valence-corrected chi connectivity index (χ3v) is 4.00. The number of amides is 1. The van der Waals surface area contributed by atoms with E-state index in [1.165, 1.54) is 17.5 Å². The molecule has 8 heteroatoms. The topological polar surface area (TPSA) is 97.0 Å². The van der Waals surface area contributed by atoms with Crippen LogP contribution in [0.1, 0.15) is 16.1 Å². The van der Waals surface area contributed by atoms with Gasteiger partial charge in [0.15, 0.2) is 11.7 Å². The smallest absolute Gasteiger partial charge is 0.342 e. The summed E-state index contributed by atoms with van der Waals surface area (Å²) in [4.78, 5) is 28.1. The zero-order valence-corrected chi connectivity index (χ0v) is 13.6. The van der Waals surface area contributed by atoms with Gasteiger partial charge >= 0.3 is 5.97 Å². The molecule has 0 aliphatic rings. The van der Waals surface area contributed by atoms with E-state index in [4.69, 9.17) is 4.74 Å². The number of nitrogens with one attached hydrogen (secondary N) is 2. The summed E-state index contributed by atoms with van der Waals surface area (Å²) in [6.45, 7) is 1.44. The lowest BCUT2D eigenvalue weighted by Gasteiger charge is -2.05. The third kappa shape index (κ3) is 3.66. The Bertz CT molecular complexity index is 857. The van der Waals surface area contributed by atoms with Gasteiger partial charge in [-0.25, -0.2) is 9.78 Å². The molecule has 1 aromatic carbocycles. The standard InChI is InChI=1S/C16H14N4O3S/c1-10-9-24-16(18-10)19-13(21)8-23-15(22)12-7-17-20-14(12)11-5-3-2-4-6-11/h2-7,9H,8H2,1H3,(H,17,20)(H,18,19,21). The first-order chi connectivity index (χ1) is 11.6. The van der Waals surface area contributed by atoms with Gasteiger partial charge in [-0.1, -0.05) is 30.3 Å². The number of thiazole rings is 1. The molecule has 24 heavy (non-hydrogen) atoms. The highest BCUT2D eigenvalue weighted by atomic mass is 32.1. The van der Waals surface area contributed by atoms with E-state index in [0.29, 0.717) is 10.8 Å². The Balaban J connectivity index is 1.62. The number of nitrogens with zero attached hydrogens (tertiary/aromatic N) is 2. The molecule has 0 spiro atoms. The monoisotopic (exact) mass is 342 g/mol. The largest absolute Gasteiger partial charge is 0.452 e. The van der Waals surface area contributed by atoms with Gasteiger partial charge in [-0.15, -0.1) is 11.3 Å². The van der Waals surface area contributed by atoms with Crippen molar-refractivity contribution in [1.29, 1.82) is 0 Å². The van der Waals surface area contributed by atoms with E-state index >= 15 is 0 Å². The number of aromatic amines is 1. The van der Waals surface area contributed by atoms with Crippen molar-refractivity contribution in [2.45, 2.75) is 6.92 Å². The second kappa shape index (κ2) is 7.05. The summed E-state index contributed by atoms with van der Waals surface area (Å²) in [5.41, 5.74) is 2.46. The molecule has 0 radical (unpaired) electrons. The van der Waals surface area contributed by atoms with Crippen molar-refractivity contribution in [3.05, 3.63) is 53.2 Å². The average molecular weight is 342 g/mol. The molecular formula is C16H14N4O3S. The van der Waals surface area contributed by atoms with E-state index in [9.17, 15) is 9.59 Å². The number of anilines is 1. The van der Waals surface area contributed by atoms with Gasteiger partial charge in [0, 0.05) is 10.9 Å². The van der Waals surface area contributed by atoms with Gasteiger partial charge in [-0.05, 0) is 6.92 Å². The van der Waals surface area contributed by atoms with Crippen LogP contribution in [0.4, 0.5) is 5.13 Å². The number of rotatable bonds is 5. The first-order valence-electron chi connectivity index (χ1n) is 7.11. The summed E-state index contributed by atoms with van der Waals surface area (Å²) >= 11 is 1.31. The highest BCUT2D eigenvalue weighted by Gasteiger charge is 2.18. The molecule has 3 aromatic rings. The molecule has 122 valence electrons. The molecule has 0 fully saturated rings. The lowest BCUT2D eigenvalue weighted by atomic mass is 10.1. The van der Waals surface area contributed by atoms with Gasteiger partial charge in [0.25, 0.3) is 5.91 Å². The second-order valence-electron chi connectivity index (χ2n) is 4.94. The first-order valence-corrected chi connectivity index (χ1v) is 7.99. The molecule has 0 aliphatic heterocycles. The molecule has 2 N–H and O–H groups in total. The molecule has 3 rings (SSSR count). The van der Waals surface area contributed by atoms with Crippen LogP contribution in [0.3, 0.4) is 0 Å². The van der Waals surface area contributed by atoms with Crippen LogP contribution < -0.4 is 5.32 Å². The van der Waals surface area contributed by atoms with Gasteiger partial charge < -0.3 is 4.74 Å². The molecule has 7 nitrogen and oxygen atoms in total. The minimum absolute atomic E-state index is 0.277. The normalized spacial score (nSPS) is 10.4. The van der Waals surface area contributed by atoms with Crippen LogP contribution in [-0.2, 0) is 9.53 Å².